The molecule has 1 aromatic rings. The van der Waals surface area contributed by atoms with Gasteiger partial charge in [-0.05, 0) is 25.6 Å². The van der Waals surface area contributed by atoms with E-state index in [4.69, 9.17) is 5.26 Å². The second kappa shape index (κ2) is 4.24. The van der Waals surface area contributed by atoms with E-state index in [2.05, 4.69) is 18.3 Å². The third kappa shape index (κ3) is 2.07. The highest BCUT2D eigenvalue weighted by molar-refractivity contribution is 7.12. The van der Waals surface area contributed by atoms with Crippen molar-refractivity contribution in [2.45, 2.75) is 19.9 Å². The molecular weight excluding hydrogens is 168 g/mol. The fraction of sp³-hybridized carbons (Fsp3) is 0.444. The van der Waals surface area contributed by atoms with E-state index in [-0.39, 0.29) is 6.04 Å². The Bertz CT molecular complexity index is 285. The number of nitrogens with one attached hydrogen (secondary N) is 1. The van der Waals surface area contributed by atoms with E-state index in [1.165, 1.54) is 4.88 Å². The van der Waals surface area contributed by atoms with Gasteiger partial charge in [-0.15, -0.1) is 11.3 Å². The van der Waals surface area contributed by atoms with Crippen LogP contribution in [0, 0.1) is 18.3 Å². The Morgan fingerprint density at radius 1 is 1.67 bits per heavy atom. The largest absolute Gasteiger partial charge is 0.298 e. The molecule has 1 aromatic heterocycles. The summed E-state index contributed by atoms with van der Waals surface area (Å²) < 4.78 is 0. The molecule has 2 nitrogen and oxygen atoms in total. The highest BCUT2D eigenvalue weighted by Crippen LogP contribution is 2.21. The maximum atomic E-state index is 8.81. The molecule has 1 unspecified atom stereocenters. The SMILES string of the molecule is CCNC(C#N)c1ccc(C)s1. The Hall–Kier alpha value is -0.850. The van der Waals surface area contributed by atoms with Crippen molar-refractivity contribution in [3.8, 4) is 6.07 Å². The van der Waals surface area contributed by atoms with Crippen LogP contribution >= 0.6 is 11.3 Å². The molecule has 64 valence electrons. The molecule has 0 aliphatic rings. The number of hydrogen-bond donors (Lipinski definition) is 1. The van der Waals surface area contributed by atoms with Crippen molar-refractivity contribution in [3.05, 3.63) is 21.9 Å². The van der Waals surface area contributed by atoms with Gasteiger partial charge < -0.3 is 0 Å². The molecule has 0 radical (unpaired) electrons. The van der Waals surface area contributed by atoms with Crippen molar-refractivity contribution in [2.24, 2.45) is 0 Å². The molecule has 0 fully saturated rings. The summed E-state index contributed by atoms with van der Waals surface area (Å²) in [6, 6.07) is 6.15. The van der Waals surface area contributed by atoms with E-state index in [1.807, 2.05) is 19.1 Å². The lowest BCUT2D eigenvalue weighted by atomic mass is 10.2. The zero-order valence-electron chi connectivity index (χ0n) is 7.29. The van der Waals surface area contributed by atoms with Gasteiger partial charge in [0.05, 0.1) is 6.07 Å². The van der Waals surface area contributed by atoms with E-state index in [1.54, 1.807) is 11.3 Å². The molecule has 0 spiro atoms. The number of hydrogen-bond acceptors (Lipinski definition) is 3. The first-order valence-corrected chi connectivity index (χ1v) is 4.79. The summed E-state index contributed by atoms with van der Waals surface area (Å²) >= 11 is 1.68. The molecule has 0 saturated carbocycles. The predicted molar refractivity (Wildman–Crippen MR) is 51.1 cm³/mol. The molecule has 0 saturated heterocycles. The molecule has 0 amide bonds. The van der Waals surface area contributed by atoms with Crippen LogP contribution in [-0.4, -0.2) is 6.54 Å². The average molecular weight is 180 g/mol. The number of thiophene rings is 1. The molecule has 12 heavy (non-hydrogen) atoms. The van der Waals surface area contributed by atoms with Crippen LogP contribution in [-0.2, 0) is 0 Å². The smallest absolute Gasteiger partial charge is 0.130 e. The van der Waals surface area contributed by atoms with E-state index >= 15 is 0 Å². The van der Waals surface area contributed by atoms with Gasteiger partial charge >= 0.3 is 0 Å². The first-order chi connectivity index (χ1) is 5.77. The molecule has 1 heterocycles. The quantitative estimate of drug-likeness (QED) is 0.774. The van der Waals surface area contributed by atoms with Crippen molar-refractivity contribution in [2.75, 3.05) is 6.54 Å². The van der Waals surface area contributed by atoms with Gasteiger partial charge in [-0.3, -0.25) is 5.32 Å². The van der Waals surface area contributed by atoms with E-state index in [9.17, 15) is 0 Å². The van der Waals surface area contributed by atoms with Crippen LogP contribution in [0.1, 0.15) is 22.7 Å². The van der Waals surface area contributed by atoms with E-state index < -0.39 is 0 Å². The fourth-order valence-electron chi connectivity index (χ4n) is 1.02. The Morgan fingerprint density at radius 2 is 2.42 bits per heavy atom. The maximum absolute atomic E-state index is 8.81. The minimum Gasteiger partial charge on any atom is -0.298 e. The summed E-state index contributed by atoms with van der Waals surface area (Å²) in [6.07, 6.45) is 0. The molecular formula is C9H12N2S. The number of rotatable bonds is 3. The fourth-order valence-corrected chi connectivity index (χ4v) is 1.92. The number of nitrogens with zero attached hydrogens (tertiary/aromatic N) is 1. The molecule has 0 aromatic carbocycles. The maximum Gasteiger partial charge on any atom is 0.130 e. The first kappa shape index (κ1) is 9.24. The molecule has 1 N–H and O–H groups in total. The van der Waals surface area contributed by atoms with Gasteiger partial charge in [0.15, 0.2) is 0 Å². The Labute approximate surface area is 76.8 Å². The molecule has 0 aliphatic heterocycles. The van der Waals surface area contributed by atoms with Gasteiger partial charge in [-0.25, -0.2) is 0 Å². The van der Waals surface area contributed by atoms with Crippen LogP contribution in [0.3, 0.4) is 0 Å². The third-order valence-electron chi connectivity index (χ3n) is 1.58. The minimum absolute atomic E-state index is 0.131. The predicted octanol–water partition coefficient (Wildman–Crippen LogP) is 2.23. The highest BCUT2D eigenvalue weighted by atomic mass is 32.1. The van der Waals surface area contributed by atoms with Gasteiger partial charge in [0, 0.05) is 9.75 Å². The number of aryl methyl sites for hydroxylation is 1. The van der Waals surface area contributed by atoms with E-state index in [0.717, 1.165) is 11.4 Å². The van der Waals surface area contributed by atoms with Crippen LogP contribution in [0.4, 0.5) is 0 Å². The van der Waals surface area contributed by atoms with Crippen molar-refractivity contribution in [1.82, 2.24) is 5.32 Å². The van der Waals surface area contributed by atoms with Gasteiger partial charge in [-0.1, -0.05) is 6.92 Å². The van der Waals surface area contributed by atoms with Crippen LogP contribution < -0.4 is 5.32 Å². The molecule has 1 atom stereocenters. The van der Waals surface area contributed by atoms with Gasteiger partial charge in [0.1, 0.15) is 6.04 Å². The van der Waals surface area contributed by atoms with Crippen LogP contribution in [0.25, 0.3) is 0 Å². The third-order valence-corrected chi connectivity index (χ3v) is 2.65. The Morgan fingerprint density at radius 3 is 2.83 bits per heavy atom. The van der Waals surface area contributed by atoms with Crippen LogP contribution in [0.15, 0.2) is 12.1 Å². The zero-order chi connectivity index (χ0) is 8.97. The standard InChI is InChI=1S/C9H12N2S/c1-3-11-8(6-10)9-5-4-7(2)12-9/h4-5,8,11H,3H2,1-2H3. The van der Waals surface area contributed by atoms with Crippen molar-refractivity contribution in [3.63, 3.8) is 0 Å². The van der Waals surface area contributed by atoms with Crippen molar-refractivity contribution in [1.29, 1.82) is 5.26 Å². The Kier molecular flexibility index (Phi) is 3.27. The average Bonchev–Trinajstić information content (AvgIpc) is 2.47. The van der Waals surface area contributed by atoms with Crippen LogP contribution in [0.5, 0.6) is 0 Å². The van der Waals surface area contributed by atoms with Crippen molar-refractivity contribution < 1.29 is 0 Å². The zero-order valence-corrected chi connectivity index (χ0v) is 8.11. The topological polar surface area (TPSA) is 35.8 Å². The second-order valence-electron chi connectivity index (χ2n) is 2.57. The monoisotopic (exact) mass is 180 g/mol. The Balaban J connectivity index is 2.74. The van der Waals surface area contributed by atoms with Gasteiger partial charge in [-0.2, -0.15) is 5.26 Å². The lowest BCUT2D eigenvalue weighted by molar-refractivity contribution is 0.667. The normalized spacial score (nSPS) is 12.4. The molecule has 0 bridgehead atoms. The van der Waals surface area contributed by atoms with Gasteiger partial charge in [0.2, 0.25) is 0 Å². The van der Waals surface area contributed by atoms with E-state index in [0.29, 0.717) is 0 Å². The highest BCUT2D eigenvalue weighted by Gasteiger charge is 2.09. The lowest BCUT2D eigenvalue weighted by Crippen LogP contribution is -2.17. The summed E-state index contributed by atoms with van der Waals surface area (Å²) in [5.74, 6) is 0. The summed E-state index contributed by atoms with van der Waals surface area (Å²) in [5.41, 5.74) is 0. The molecule has 0 aliphatic carbocycles. The molecule has 3 heteroatoms. The minimum atomic E-state index is -0.131. The summed E-state index contributed by atoms with van der Waals surface area (Å²) in [6.45, 7) is 4.88. The summed E-state index contributed by atoms with van der Waals surface area (Å²) in [7, 11) is 0. The lowest BCUT2D eigenvalue weighted by Gasteiger charge is -2.05. The van der Waals surface area contributed by atoms with Crippen molar-refractivity contribution >= 4 is 11.3 Å². The van der Waals surface area contributed by atoms with Crippen LogP contribution in [0.2, 0.25) is 0 Å². The number of nitriles is 1. The summed E-state index contributed by atoms with van der Waals surface area (Å²) in [4.78, 5) is 2.36. The molecule has 1 rings (SSSR count). The summed E-state index contributed by atoms with van der Waals surface area (Å²) in [5, 5.41) is 11.9. The van der Waals surface area contributed by atoms with Gasteiger partial charge in [0.25, 0.3) is 0 Å². The first-order valence-electron chi connectivity index (χ1n) is 3.97. The second-order valence-corrected chi connectivity index (χ2v) is 3.89.